The number of nitrogens with zero attached hydrogens (tertiary/aromatic N) is 4. The van der Waals surface area contributed by atoms with Crippen LogP contribution in [0.1, 0.15) is 17.3 Å². The Morgan fingerprint density at radius 1 is 1.22 bits per heavy atom. The van der Waals surface area contributed by atoms with Crippen LogP contribution in [0.2, 0.25) is 0 Å². The van der Waals surface area contributed by atoms with E-state index in [4.69, 9.17) is 4.74 Å². The molecular formula is C19H21N5O3. The largest absolute Gasteiger partial charge is 0.497 e. The van der Waals surface area contributed by atoms with Crippen molar-refractivity contribution in [2.24, 2.45) is 0 Å². The molecule has 0 unspecified atom stereocenters. The Hall–Kier alpha value is -3.42. The summed E-state index contributed by atoms with van der Waals surface area (Å²) in [5.41, 5.74) is 2.59. The molecule has 3 aromatic rings. The molecule has 0 fully saturated rings. The Morgan fingerprint density at radius 2 is 2.04 bits per heavy atom. The van der Waals surface area contributed by atoms with Gasteiger partial charge in [-0.05, 0) is 37.3 Å². The third-order valence-corrected chi connectivity index (χ3v) is 4.14. The van der Waals surface area contributed by atoms with Crippen LogP contribution in [0, 0.1) is 0 Å². The van der Waals surface area contributed by atoms with Gasteiger partial charge in [-0.1, -0.05) is 11.3 Å². The first kappa shape index (κ1) is 18.4. The van der Waals surface area contributed by atoms with Gasteiger partial charge in [-0.25, -0.2) is 4.68 Å². The van der Waals surface area contributed by atoms with Crippen LogP contribution in [0.4, 0.5) is 5.69 Å². The Kier molecular flexibility index (Phi) is 5.35. The molecular weight excluding hydrogens is 346 g/mol. The van der Waals surface area contributed by atoms with E-state index in [-0.39, 0.29) is 18.4 Å². The number of hydrogen-bond donors (Lipinski definition) is 1. The van der Waals surface area contributed by atoms with Crippen LogP contribution < -0.4 is 10.1 Å². The molecule has 0 atom stereocenters. The van der Waals surface area contributed by atoms with Crippen molar-refractivity contribution in [3.63, 3.8) is 0 Å². The number of anilines is 1. The molecule has 8 nitrogen and oxygen atoms in total. The first-order chi connectivity index (χ1) is 13.0. The second kappa shape index (κ2) is 7.86. The van der Waals surface area contributed by atoms with Crippen LogP contribution in [0.15, 0.2) is 42.5 Å². The highest BCUT2D eigenvalue weighted by atomic mass is 16.5. The second-order valence-corrected chi connectivity index (χ2v) is 6.05. The standard InChI is InChI=1S/C19H21N5O3/c1-4-24-17-9-8-13(10-16(17)21-22-24)19(26)23(2)12-18(25)20-14-6-5-7-15(11-14)27-3/h5-11H,4,12H2,1-3H3,(H,20,25). The average molecular weight is 367 g/mol. The molecule has 140 valence electrons. The summed E-state index contributed by atoms with van der Waals surface area (Å²) in [6, 6.07) is 12.3. The highest BCUT2D eigenvalue weighted by Gasteiger charge is 2.16. The maximum absolute atomic E-state index is 12.6. The van der Waals surface area contributed by atoms with Crippen LogP contribution >= 0.6 is 0 Å². The quantitative estimate of drug-likeness (QED) is 0.721. The molecule has 0 saturated heterocycles. The van der Waals surface area contributed by atoms with Crippen LogP contribution in [0.5, 0.6) is 5.75 Å². The fraction of sp³-hybridized carbons (Fsp3) is 0.263. The monoisotopic (exact) mass is 367 g/mol. The topological polar surface area (TPSA) is 89.4 Å². The molecule has 0 aliphatic rings. The zero-order valence-corrected chi connectivity index (χ0v) is 15.5. The van der Waals surface area contributed by atoms with Gasteiger partial charge in [-0.2, -0.15) is 0 Å². The van der Waals surface area contributed by atoms with Crippen molar-refractivity contribution in [1.29, 1.82) is 0 Å². The van der Waals surface area contributed by atoms with Gasteiger partial charge in [0.2, 0.25) is 5.91 Å². The fourth-order valence-corrected chi connectivity index (χ4v) is 2.75. The lowest BCUT2D eigenvalue weighted by molar-refractivity contribution is -0.116. The summed E-state index contributed by atoms with van der Waals surface area (Å²) >= 11 is 0. The van der Waals surface area contributed by atoms with E-state index in [1.165, 1.54) is 4.90 Å². The Bertz CT molecular complexity index is 982. The zero-order chi connectivity index (χ0) is 19.4. The van der Waals surface area contributed by atoms with Crippen molar-refractivity contribution in [1.82, 2.24) is 19.9 Å². The van der Waals surface area contributed by atoms with Gasteiger partial charge in [0, 0.05) is 30.9 Å². The average Bonchev–Trinajstić information content (AvgIpc) is 3.09. The molecule has 1 aromatic heterocycles. The van der Waals surface area contributed by atoms with Gasteiger partial charge < -0.3 is 15.0 Å². The highest BCUT2D eigenvalue weighted by Crippen LogP contribution is 2.17. The van der Waals surface area contributed by atoms with Gasteiger partial charge >= 0.3 is 0 Å². The van der Waals surface area contributed by atoms with Crippen molar-refractivity contribution >= 4 is 28.5 Å². The number of carbonyl (C=O) groups is 2. The molecule has 0 aliphatic carbocycles. The van der Waals surface area contributed by atoms with Crippen molar-refractivity contribution in [2.75, 3.05) is 26.0 Å². The minimum Gasteiger partial charge on any atom is -0.497 e. The summed E-state index contributed by atoms with van der Waals surface area (Å²) in [6.45, 7) is 2.60. The summed E-state index contributed by atoms with van der Waals surface area (Å²) in [7, 11) is 3.14. The molecule has 1 N–H and O–H groups in total. The summed E-state index contributed by atoms with van der Waals surface area (Å²) in [5, 5.41) is 10.9. The van der Waals surface area contributed by atoms with Crippen LogP contribution in [-0.2, 0) is 11.3 Å². The number of hydrogen-bond acceptors (Lipinski definition) is 5. The zero-order valence-electron chi connectivity index (χ0n) is 15.5. The maximum atomic E-state index is 12.6. The van der Waals surface area contributed by atoms with Gasteiger partial charge in [0.25, 0.3) is 5.91 Å². The van der Waals surface area contributed by atoms with Crippen molar-refractivity contribution in [3.05, 3.63) is 48.0 Å². The van der Waals surface area contributed by atoms with E-state index >= 15 is 0 Å². The number of amides is 2. The summed E-state index contributed by atoms with van der Waals surface area (Å²) in [5.74, 6) is 0.0894. The van der Waals surface area contributed by atoms with Crippen LogP contribution in [0.25, 0.3) is 11.0 Å². The van der Waals surface area contributed by atoms with Crippen LogP contribution in [-0.4, -0.2) is 52.4 Å². The minimum atomic E-state index is -0.294. The number of rotatable bonds is 6. The molecule has 1 heterocycles. The minimum absolute atomic E-state index is 0.0737. The third kappa shape index (κ3) is 4.05. The molecule has 0 spiro atoms. The number of aromatic nitrogens is 3. The molecule has 3 rings (SSSR count). The molecule has 0 bridgehead atoms. The predicted molar refractivity (Wildman–Crippen MR) is 102 cm³/mol. The normalized spacial score (nSPS) is 10.6. The Balaban J connectivity index is 1.67. The number of likely N-dealkylation sites (N-methyl/N-ethyl adjacent to an activating group) is 1. The van der Waals surface area contributed by atoms with E-state index < -0.39 is 0 Å². The van der Waals surface area contributed by atoms with E-state index in [0.717, 1.165) is 5.52 Å². The third-order valence-electron chi connectivity index (χ3n) is 4.14. The second-order valence-electron chi connectivity index (χ2n) is 6.05. The molecule has 2 aromatic carbocycles. The van der Waals surface area contributed by atoms with Gasteiger partial charge in [-0.15, -0.1) is 5.10 Å². The first-order valence-corrected chi connectivity index (χ1v) is 8.54. The van der Waals surface area contributed by atoms with Crippen molar-refractivity contribution in [2.45, 2.75) is 13.5 Å². The lowest BCUT2D eigenvalue weighted by Gasteiger charge is -2.17. The van der Waals surface area contributed by atoms with Gasteiger partial charge in [0.1, 0.15) is 11.3 Å². The summed E-state index contributed by atoms with van der Waals surface area (Å²) < 4.78 is 6.89. The molecule has 0 radical (unpaired) electrons. The van der Waals surface area contributed by atoms with Crippen molar-refractivity contribution in [3.8, 4) is 5.75 Å². The lowest BCUT2D eigenvalue weighted by Crippen LogP contribution is -2.34. The van der Waals surface area contributed by atoms with E-state index in [2.05, 4.69) is 15.6 Å². The van der Waals surface area contributed by atoms with Crippen molar-refractivity contribution < 1.29 is 14.3 Å². The molecule has 2 amide bonds. The van der Waals surface area contributed by atoms with Crippen LogP contribution in [0.3, 0.4) is 0 Å². The van der Waals surface area contributed by atoms with Gasteiger partial charge in [0.05, 0.1) is 19.2 Å². The maximum Gasteiger partial charge on any atom is 0.254 e. The van der Waals surface area contributed by atoms with E-state index in [1.54, 1.807) is 55.2 Å². The first-order valence-electron chi connectivity index (χ1n) is 8.54. The predicted octanol–water partition coefficient (Wildman–Crippen LogP) is 2.17. The lowest BCUT2D eigenvalue weighted by atomic mass is 10.1. The fourth-order valence-electron chi connectivity index (χ4n) is 2.75. The Morgan fingerprint density at radius 3 is 2.78 bits per heavy atom. The van der Waals surface area contributed by atoms with Gasteiger partial charge in [-0.3, -0.25) is 9.59 Å². The number of ether oxygens (including phenoxy) is 1. The summed E-state index contributed by atoms with van der Waals surface area (Å²) in [6.07, 6.45) is 0. The van der Waals surface area contributed by atoms with E-state index in [1.807, 2.05) is 13.0 Å². The molecule has 8 heteroatoms. The Labute approximate surface area is 156 Å². The van der Waals surface area contributed by atoms with E-state index in [9.17, 15) is 9.59 Å². The number of benzene rings is 2. The highest BCUT2D eigenvalue weighted by molar-refractivity contribution is 6.00. The SMILES string of the molecule is CCn1nnc2cc(C(=O)N(C)CC(=O)Nc3cccc(OC)c3)ccc21. The molecule has 0 aliphatic heterocycles. The number of carbonyl (C=O) groups excluding carboxylic acids is 2. The van der Waals surface area contributed by atoms with Gasteiger partial charge in [0.15, 0.2) is 0 Å². The summed E-state index contributed by atoms with van der Waals surface area (Å²) in [4.78, 5) is 26.2. The number of fused-ring (bicyclic) bond motifs is 1. The molecule has 27 heavy (non-hydrogen) atoms. The molecule has 0 saturated carbocycles. The smallest absolute Gasteiger partial charge is 0.254 e. The number of nitrogens with one attached hydrogen (secondary N) is 1. The van der Waals surface area contributed by atoms with E-state index in [0.29, 0.717) is 29.1 Å². The number of aryl methyl sites for hydroxylation is 1. The number of methoxy groups -OCH3 is 1.